The second kappa shape index (κ2) is 5.44. The van der Waals surface area contributed by atoms with Gasteiger partial charge in [0.15, 0.2) is 5.58 Å². The molecule has 3 nitrogen and oxygen atoms in total. The summed E-state index contributed by atoms with van der Waals surface area (Å²) in [7, 11) is 0. The van der Waals surface area contributed by atoms with Gasteiger partial charge in [-0.3, -0.25) is 0 Å². The summed E-state index contributed by atoms with van der Waals surface area (Å²) in [5.74, 6) is 0.619. The molecule has 6 aromatic rings. The highest BCUT2D eigenvalue weighted by Gasteiger charge is 2.18. The number of nitrogens with zero attached hydrogens (tertiary/aromatic N) is 1. The zero-order valence-electron chi connectivity index (χ0n) is 14.1. The van der Waals surface area contributed by atoms with Crippen molar-refractivity contribution < 1.29 is 8.83 Å². The molecule has 0 bridgehead atoms. The average molecular weight is 414 g/mol. The molecule has 0 aliphatic heterocycles. The minimum atomic E-state index is 0.619. The molecule has 0 radical (unpaired) electrons. The van der Waals surface area contributed by atoms with E-state index in [1.165, 1.54) is 0 Å². The Kier molecular flexibility index (Phi) is 3.02. The Morgan fingerprint density at radius 1 is 0.667 bits per heavy atom. The van der Waals surface area contributed by atoms with Crippen molar-refractivity contribution in [3.8, 4) is 11.5 Å². The van der Waals surface area contributed by atoms with E-state index in [1.54, 1.807) is 0 Å². The number of furan rings is 1. The third kappa shape index (κ3) is 2.10. The molecule has 0 atom stereocenters. The number of rotatable bonds is 1. The first-order chi connectivity index (χ1) is 13.3. The number of aromatic nitrogens is 1. The summed E-state index contributed by atoms with van der Waals surface area (Å²) in [4.78, 5) is 4.82. The van der Waals surface area contributed by atoms with Crippen LogP contribution in [0.3, 0.4) is 0 Å². The molecule has 0 saturated carbocycles. The van der Waals surface area contributed by atoms with Gasteiger partial charge in [-0.1, -0.05) is 58.4 Å². The van der Waals surface area contributed by atoms with E-state index in [0.717, 1.165) is 53.8 Å². The van der Waals surface area contributed by atoms with Crippen molar-refractivity contribution in [3.63, 3.8) is 0 Å². The monoisotopic (exact) mass is 413 g/mol. The SMILES string of the molecule is Brc1cc2oc3ccc4oc(-c5ccccc5)nc4c3c2c2ccccc12. The lowest BCUT2D eigenvalue weighted by molar-refractivity contribution is 0.619. The van der Waals surface area contributed by atoms with Crippen molar-refractivity contribution in [2.75, 3.05) is 0 Å². The molecule has 0 aliphatic rings. The molecule has 2 heterocycles. The minimum Gasteiger partial charge on any atom is -0.456 e. The van der Waals surface area contributed by atoms with Gasteiger partial charge in [0.2, 0.25) is 5.89 Å². The van der Waals surface area contributed by atoms with Crippen molar-refractivity contribution in [1.29, 1.82) is 0 Å². The summed E-state index contributed by atoms with van der Waals surface area (Å²) in [6, 6.07) is 24.2. The molecule has 0 N–H and O–H groups in total. The lowest BCUT2D eigenvalue weighted by atomic mass is 10.0. The number of hydrogen-bond donors (Lipinski definition) is 0. The van der Waals surface area contributed by atoms with Crippen LogP contribution in [0, 0.1) is 0 Å². The van der Waals surface area contributed by atoms with Gasteiger partial charge in [0.05, 0.1) is 5.39 Å². The Balaban J connectivity index is 1.80. The topological polar surface area (TPSA) is 39.2 Å². The lowest BCUT2D eigenvalue weighted by Gasteiger charge is -2.02. The highest BCUT2D eigenvalue weighted by atomic mass is 79.9. The van der Waals surface area contributed by atoms with Gasteiger partial charge in [0, 0.05) is 15.4 Å². The molecule has 0 unspecified atom stereocenters. The van der Waals surface area contributed by atoms with E-state index in [4.69, 9.17) is 13.8 Å². The van der Waals surface area contributed by atoms with Gasteiger partial charge in [0.1, 0.15) is 16.7 Å². The van der Waals surface area contributed by atoms with Crippen LogP contribution >= 0.6 is 15.9 Å². The van der Waals surface area contributed by atoms with Crippen LogP contribution in [0.25, 0.3) is 55.3 Å². The molecular weight excluding hydrogens is 402 g/mol. The molecule has 4 heteroatoms. The predicted octanol–water partition coefficient (Wildman–Crippen LogP) is 7.31. The van der Waals surface area contributed by atoms with E-state index in [2.05, 4.69) is 28.1 Å². The Morgan fingerprint density at radius 2 is 1.41 bits per heavy atom. The Bertz CT molecular complexity index is 1480. The van der Waals surface area contributed by atoms with Gasteiger partial charge in [-0.25, -0.2) is 4.98 Å². The maximum absolute atomic E-state index is 6.15. The quantitative estimate of drug-likeness (QED) is 0.283. The van der Waals surface area contributed by atoms with Gasteiger partial charge in [-0.15, -0.1) is 0 Å². The van der Waals surface area contributed by atoms with Crippen molar-refractivity contribution in [3.05, 3.63) is 77.3 Å². The second-order valence-electron chi connectivity index (χ2n) is 6.55. The summed E-state index contributed by atoms with van der Waals surface area (Å²) in [6.45, 7) is 0. The highest BCUT2D eigenvalue weighted by Crippen LogP contribution is 2.41. The van der Waals surface area contributed by atoms with Crippen molar-refractivity contribution in [1.82, 2.24) is 4.98 Å². The number of benzene rings is 4. The molecule has 2 aromatic heterocycles. The maximum Gasteiger partial charge on any atom is 0.227 e. The summed E-state index contributed by atoms with van der Waals surface area (Å²) in [6.07, 6.45) is 0. The third-order valence-electron chi connectivity index (χ3n) is 4.97. The van der Waals surface area contributed by atoms with E-state index >= 15 is 0 Å². The fraction of sp³-hybridized carbons (Fsp3) is 0. The van der Waals surface area contributed by atoms with Gasteiger partial charge < -0.3 is 8.83 Å². The van der Waals surface area contributed by atoms with Crippen LogP contribution in [0.4, 0.5) is 0 Å². The van der Waals surface area contributed by atoms with Crippen LogP contribution < -0.4 is 0 Å². The summed E-state index contributed by atoms with van der Waals surface area (Å²) in [5, 5.41) is 4.35. The van der Waals surface area contributed by atoms with Gasteiger partial charge in [-0.05, 0) is 41.1 Å². The molecule has 6 rings (SSSR count). The van der Waals surface area contributed by atoms with E-state index in [9.17, 15) is 0 Å². The Hall–Kier alpha value is -3.11. The fourth-order valence-corrected chi connectivity index (χ4v) is 4.32. The van der Waals surface area contributed by atoms with E-state index in [1.807, 2.05) is 60.7 Å². The highest BCUT2D eigenvalue weighted by molar-refractivity contribution is 9.10. The molecule has 27 heavy (non-hydrogen) atoms. The number of hydrogen-bond acceptors (Lipinski definition) is 3. The molecular formula is C23H12BrNO2. The normalized spacial score (nSPS) is 11.9. The van der Waals surface area contributed by atoms with Gasteiger partial charge in [0.25, 0.3) is 0 Å². The first kappa shape index (κ1) is 15.0. The van der Waals surface area contributed by atoms with E-state index in [0.29, 0.717) is 5.89 Å². The first-order valence-electron chi connectivity index (χ1n) is 8.68. The van der Waals surface area contributed by atoms with Crippen LogP contribution in [-0.2, 0) is 0 Å². The van der Waals surface area contributed by atoms with Crippen LogP contribution in [0.5, 0.6) is 0 Å². The van der Waals surface area contributed by atoms with Crippen LogP contribution in [0.2, 0.25) is 0 Å². The van der Waals surface area contributed by atoms with E-state index < -0.39 is 0 Å². The fourth-order valence-electron chi connectivity index (χ4n) is 3.77. The zero-order valence-corrected chi connectivity index (χ0v) is 15.7. The smallest absolute Gasteiger partial charge is 0.227 e. The number of oxazole rings is 1. The molecule has 128 valence electrons. The summed E-state index contributed by atoms with van der Waals surface area (Å²) < 4.78 is 13.2. The van der Waals surface area contributed by atoms with Crippen LogP contribution in [0.15, 0.2) is 86.1 Å². The van der Waals surface area contributed by atoms with Crippen molar-refractivity contribution >= 4 is 59.7 Å². The zero-order chi connectivity index (χ0) is 18.0. The Labute approximate surface area is 162 Å². The number of fused-ring (bicyclic) bond motifs is 7. The average Bonchev–Trinajstić information content (AvgIpc) is 3.29. The largest absolute Gasteiger partial charge is 0.456 e. The molecule has 0 spiro atoms. The maximum atomic E-state index is 6.15. The molecule has 0 fully saturated rings. The predicted molar refractivity (Wildman–Crippen MR) is 112 cm³/mol. The Morgan fingerprint density at radius 3 is 2.26 bits per heavy atom. The molecule has 0 amide bonds. The molecule has 0 saturated heterocycles. The van der Waals surface area contributed by atoms with Crippen LogP contribution in [0.1, 0.15) is 0 Å². The molecule has 4 aromatic carbocycles. The van der Waals surface area contributed by atoms with Crippen LogP contribution in [-0.4, -0.2) is 4.98 Å². The standard InChI is InChI=1S/C23H12BrNO2/c24-16-12-19-20(15-9-5-4-8-14(15)16)21-17(26-19)10-11-18-22(21)25-23(27-18)13-6-2-1-3-7-13/h1-12H. The third-order valence-corrected chi connectivity index (χ3v) is 5.63. The summed E-state index contributed by atoms with van der Waals surface area (Å²) >= 11 is 3.67. The van der Waals surface area contributed by atoms with Crippen molar-refractivity contribution in [2.24, 2.45) is 0 Å². The van der Waals surface area contributed by atoms with E-state index in [-0.39, 0.29) is 0 Å². The second-order valence-corrected chi connectivity index (χ2v) is 7.40. The number of halogens is 1. The minimum absolute atomic E-state index is 0.619. The van der Waals surface area contributed by atoms with Crippen molar-refractivity contribution in [2.45, 2.75) is 0 Å². The van der Waals surface area contributed by atoms with Gasteiger partial charge in [-0.2, -0.15) is 0 Å². The molecule has 0 aliphatic carbocycles. The first-order valence-corrected chi connectivity index (χ1v) is 9.47. The van der Waals surface area contributed by atoms with Gasteiger partial charge >= 0.3 is 0 Å². The lowest BCUT2D eigenvalue weighted by Crippen LogP contribution is -1.78. The summed E-state index contributed by atoms with van der Waals surface area (Å²) in [5.41, 5.74) is 4.21.